The molecule has 122 valence electrons. The zero-order valence-corrected chi connectivity index (χ0v) is 14.0. The Balaban J connectivity index is 0. The maximum Gasteiger partial charge on any atom is 0.203 e. The molecule has 2 aliphatic rings. The standard InChI is InChI=1S/C14H26O2Si.3CH4/c1-8-6-11-9(2)10(3)14(11,4)13(8)12(16-17)7-15-5;;;/h8-11H,6-7H2,1-5,17H3;3*1H4/b13-12+;;;. The van der Waals surface area contributed by atoms with Crippen molar-refractivity contribution < 1.29 is 9.16 Å². The SMILES string of the molecule is C.C.C.COC/C(O[SiH3])=C1/C(C)CC2C(C)C(C)C12C. The predicted octanol–water partition coefficient (Wildman–Crippen LogP) is 4.04. The minimum Gasteiger partial charge on any atom is -0.554 e. The molecule has 5 unspecified atom stereocenters. The van der Waals surface area contributed by atoms with E-state index >= 15 is 0 Å². The second-order valence-corrected chi connectivity index (χ2v) is 6.56. The van der Waals surface area contributed by atoms with Gasteiger partial charge in [0.1, 0.15) is 12.4 Å². The largest absolute Gasteiger partial charge is 0.554 e. The van der Waals surface area contributed by atoms with Crippen molar-refractivity contribution >= 4 is 10.5 Å². The monoisotopic (exact) mass is 302 g/mol. The van der Waals surface area contributed by atoms with Crippen LogP contribution in [0.4, 0.5) is 0 Å². The smallest absolute Gasteiger partial charge is 0.203 e. The fourth-order valence-electron chi connectivity index (χ4n) is 4.55. The molecule has 0 aromatic heterocycles. The second kappa shape index (κ2) is 7.65. The highest BCUT2D eigenvalue weighted by molar-refractivity contribution is 5.98. The molecule has 2 aliphatic carbocycles. The first kappa shape index (κ1) is 22.0. The van der Waals surface area contributed by atoms with Crippen LogP contribution in [-0.2, 0) is 9.16 Å². The van der Waals surface area contributed by atoms with E-state index in [0.29, 0.717) is 17.9 Å². The van der Waals surface area contributed by atoms with Gasteiger partial charge in [0, 0.05) is 7.11 Å². The van der Waals surface area contributed by atoms with Crippen molar-refractivity contribution in [2.24, 2.45) is 29.1 Å². The Morgan fingerprint density at radius 2 is 1.80 bits per heavy atom. The molecule has 0 saturated heterocycles. The molecule has 0 N–H and O–H groups in total. The summed E-state index contributed by atoms with van der Waals surface area (Å²) in [7, 11) is 2.52. The summed E-state index contributed by atoms with van der Waals surface area (Å²) in [6, 6.07) is 0. The molecule has 5 atom stereocenters. The van der Waals surface area contributed by atoms with Crippen LogP contribution in [0.2, 0.25) is 0 Å². The van der Waals surface area contributed by atoms with E-state index in [2.05, 4.69) is 27.7 Å². The third-order valence-corrected chi connectivity index (χ3v) is 6.14. The highest BCUT2D eigenvalue weighted by Gasteiger charge is 2.62. The lowest BCUT2D eigenvalue weighted by molar-refractivity contribution is -0.0423. The van der Waals surface area contributed by atoms with Crippen LogP contribution in [0.3, 0.4) is 0 Å². The molecule has 2 fully saturated rings. The van der Waals surface area contributed by atoms with E-state index in [4.69, 9.17) is 9.16 Å². The molecule has 0 aromatic carbocycles. The topological polar surface area (TPSA) is 18.5 Å². The second-order valence-electron chi connectivity index (χ2n) is 6.15. The maximum atomic E-state index is 5.74. The van der Waals surface area contributed by atoms with Gasteiger partial charge >= 0.3 is 0 Å². The van der Waals surface area contributed by atoms with E-state index in [1.165, 1.54) is 6.42 Å². The number of ether oxygens (including phenoxy) is 1. The zero-order chi connectivity index (χ0) is 12.8. The number of hydrogen-bond acceptors (Lipinski definition) is 2. The molecule has 0 radical (unpaired) electrons. The minimum absolute atomic E-state index is 0. The average Bonchev–Trinajstić information content (AvgIpc) is 2.56. The fraction of sp³-hybridized carbons (Fsp3) is 0.882. The third kappa shape index (κ3) is 2.71. The third-order valence-electron chi connectivity index (χ3n) is 5.64. The molecule has 2 nitrogen and oxygen atoms in total. The van der Waals surface area contributed by atoms with E-state index in [1.54, 1.807) is 12.7 Å². The van der Waals surface area contributed by atoms with Crippen molar-refractivity contribution in [3.05, 3.63) is 11.3 Å². The summed E-state index contributed by atoms with van der Waals surface area (Å²) in [4.78, 5) is 0. The Hall–Kier alpha value is -0.283. The predicted molar refractivity (Wildman–Crippen MR) is 93.8 cm³/mol. The summed E-state index contributed by atoms with van der Waals surface area (Å²) in [6.45, 7) is 10.2. The highest BCUT2D eigenvalue weighted by Crippen LogP contribution is 2.68. The van der Waals surface area contributed by atoms with Gasteiger partial charge in [0.15, 0.2) is 0 Å². The van der Waals surface area contributed by atoms with Crippen LogP contribution in [0, 0.1) is 29.1 Å². The van der Waals surface area contributed by atoms with Crippen LogP contribution < -0.4 is 0 Å². The summed E-state index contributed by atoms with van der Waals surface area (Å²) in [6.07, 6.45) is 1.33. The van der Waals surface area contributed by atoms with Gasteiger partial charge in [-0.2, -0.15) is 0 Å². The lowest BCUT2D eigenvalue weighted by Gasteiger charge is -2.55. The van der Waals surface area contributed by atoms with Crippen molar-refractivity contribution in [3.8, 4) is 0 Å². The fourth-order valence-corrected chi connectivity index (χ4v) is 4.88. The Morgan fingerprint density at radius 1 is 1.25 bits per heavy atom. The van der Waals surface area contributed by atoms with Gasteiger partial charge in [0.05, 0.1) is 0 Å². The summed E-state index contributed by atoms with van der Waals surface area (Å²) in [5.41, 5.74) is 1.93. The molecule has 2 saturated carbocycles. The van der Waals surface area contributed by atoms with Crippen LogP contribution in [0.1, 0.15) is 56.4 Å². The first-order valence-corrected chi connectivity index (χ1v) is 7.56. The molecule has 0 spiro atoms. The highest BCUT2D eigenvalue weighted by atomic mass is 28.2. The number of rotatable bonds is 3. The average molecular weight is 303 g/mol. The number of hydrogen-bond donors (Lipinski definition) is 0. The van der Waals surface area contributed by atoms with Crippen molar-refractivity contribution in [1.29, 1.82) is 0 Å². The van der Waals surface area contributed by atoms with Gasteiger partial charge in [-0.1, -0.05) is 50.0 Å². The Labute approximate surface area is 130 Å². The van der Waals surface area contributed by atoms with Crippen LogP contribution in [0.15, 0.2) is 11.3 Å². The molecule has 2 rings (SSSR count). The quantitative estimate of drug-likeness (QED) is 0.578. The molecule has 0 aliphatic heterocycles. The normalized spacial score (nSPS) is 40.5. The Morgan fingerprint density at radius 3 is 2.25 bits per heavy atom. The first-order valence-electron chi connectivity index (χ1n) is 6.74. The Kier molecular flexibility index (Phi) is 8.41. The van der Waals surface area contributed by atoms with E-state index in [-0.39, 0.29) is 22.3 Å². The molecule has 20 heavy (non-hydrogen) atoms. The van der Waals surface area contributed by atoms with E-state index in [0.717, 1.165) is 34.0 Å². The van der Waals surface area contributed by atoms with Gasteiger partial charge in [-0.25, -0.2) is 0 Å². The molecule has 3 heteroatoms. The van der Waals surface area contributed by atoms with Crippen molar-refractivity contribution in [1.82, 2.24) is 0 Å². The molecular formula is C17H38O2Si. The summed E-state index contributed by atoms with van der Waals surface area (Å²) < 4.78 is 11.0. The Bertz CT molecular complexity index is 340. The molecular weight excluding hydrogens is 264 g/mol. The summed E-state index contributed by atoms with van der Waals surface area (Å²) in [5, 5.41) is 0. The van der Waals surface area contributed by atoms with Gasteiger partial charge in [0.25, 0.3) is 0 Å². The summed E-state index contributed by atoms with van der Waals surface area (Å²) in [5.74, 6) is 4.28. The molecule has 0 bridgehead atoms. The lowest BCUT2D eigenvalue weighted by Crippen LogP contribution is -2.50. The number of methoxy groups -OCH3 is 1. The van der Waals surface area contributed by atoms with E-state index < -0.39 is 0 Å². The van der Waals surface area contributed by atoms with Crippen molar-refractivity contribution in [3.63, 3.8) is 0 Å². The zero-order valence-electron chi connectivity index (χ0n) is 12.0. The maximum absolute atomic E-state index is 5.74. The van der Waals surface area contributed by atoms with Crippen molar-refractivity contribution in [2.75, 3.05) is 13.7 Å². The molecule has 0 amide bonds. The molecule has 0 heterocycles. The van der Waals surface area contributed by atoms with Gasteiger partial charge in [0.2, 0.25) is 10.5 Å². The molecule has 0 aromatic rings. The van der Waals surface area contributed by atoms with Crippen LogP contribution in [0.5, 0.6) is 0 Å². The van der Waals surface area contributed by atoms with E-state index in [1.807, 2.05) is 0 Å². The van der Waals surface area contributed by atoms with Gasteiger partial charge in [-0.05, 0) is 41.1 Å². The van der Waals surface area contributed by atoms with Crippen molar-refractivity contribution in [2.45, 2.75) is 56.4 Å². The minimum atomic E-state index is 0. The summed E-state index contributed by atoms with van der Waals surface area (Å²) >= 11 is 0. The lowest BCUT2D eigenvalue weighted by atomic mass is 9.49. The van der Waals surface area contributed by atoms with Crippen LogP contribution >= 0.6 is 0 Å². The first-order chi connectivity index (χ1) is 7.98. The van der Waals surface area contributed by atoms with E-state index in [9.17, 15) is 0 Å². The van der Waals surface area contributed by atoms with Gasteiger partial charge in [-0.3, -0.25) is 0 Å². The van der Waals surface area contributed by atoms with Crippen LogP contribution in [0.25, 0.3) is 0 Å². The van der Waals surface area contributed by atoms with Gasteiger partial charge in [-0.15, -0.1) is 0 Å². The van der Waals surface area contributed by atoms with Gasteiger partial charge < -0.3 is 9.16 Å². The number of fused-ring (bicyclic) bond motifs is 1. The van der Waals surface area contributed by atoms with Crippen LogP contribution in [-0.4, -0.2) is 24.2 Å². The number of allylic oxidation sites excluding steroid dienone is 1.